The molecule has 7 nitrogen and oxygen atoms in total. The van der Waals surface area contributed by atoms with Gasteiger partial charge in [0.15, 0.2) is 5.78 Å². The van der Waals surface area contributed by atoms with Gasteiger partial charge in [-0.2, -0.15) is 0 Å². The van der Waals surface area contributed by atoms with E-state index in [1.165, 1.54) is 6.08 Å². The number of rotatable bonds is 8. The highest BCUT2D eigenvalue weighted by molar-refractivity contribution is 6.07. The first-order chi connectivity index (χ1) is 15.5. The molecule has 3 aromatic carbocycles. The summed E-state index contributed by atoms with van der Waals surface area (Å²) in [4.78, 5) is 24.7. The molecule has 0 radical (unpaired) electrons. The first-order valence-electron chi connectivity index (χ1n) is 9.79. The number of ether oxygens (including phenoxy) is 3. The van der Waals surface area contributed by atoms with Gasteiger partial charge in [-0.05, 0) is 72.8 Å². The summed E-state index contributed by atoms with van der Waals surface area (Å²) in [6.07, 6.45) is 3.16. The van der Waals surface area contributed by atoms with Gasteiger partial charge >= 0.3 is 6.03 Å². The molecule has 0 saturated carbocycles. The molecule has 3 rings (SSSR count). The highest BCUT2D eigenvalue weighted by atomic mass is 16.5. The van der Waals surface area contributed by atoms with Crippen molar-refractivity contribution in [2.24, 2.45) is 0 Å². The van der Waals surface area contributed by atoms with Crippen LogP contribution in [0.1, 0.15) is 15.9 Å². The van der Waals surface area contributed by atoms with Crippen molar-refractivity contribution in [3.8, 4) is 17.2 Å². The van der Waals surface area contributed by atoms with Crippen LogP contribution in [-0.4, -0.2) is 33.1 Å². The zero-order valence-corrected chi connectivity index (χ0v) is 18.0. The Balaban J connectivity index is 1.60. The standard InChI is InChI=1S/C25H24N2O5/c1-30-21-13-10-20(11-14-21)27-25(29)26-19-8-4-17(5-9-19)23(28)15-7-18-6-12-22(31-2)16-24(18)32-3/h4-16H,1-3H3,(H2,26,27,29)/b15-7+. The van der Waals surface area contributed by atoms with Crippen LogP contribution in [0.4, 0.5) is 16.2 Å². The highest BCUT2D eigenvalue weighted by Crippen LogP contribution is 2.25. The molecule has 0 atom stereocenters. The summed E-state index contributed by atoms with van der Waals surface area (Å²) in [7, 11) is 4.72. The summed E-state index contributed by atoms with van der Waals surface area (Å²) in [6, 6.07) is 18.6. The molecule has 3 aromatic rings. The average Bonchev–Trinajstić information content (AvgIpc) is 2.83. The van der Waals surface area contributed by atoms with Gasteiger partial charge in [-0.3, -0.25) is 4.79 Å². The number of anilines is 2. The Morgan fingerprint density at radius 2 is 1.28 bits per heavy atom. The van der Waals surface area contributed by atoms with Crippen LogP contribution in [-0.2, 0) is 0 Å². The maximum atomic E-state index is 12.5. The number of hydrogen-bond donors (Lipinski definition) is 2. The molecule has 7 heteroatoms. The molecule has 0 saturated heterocycles. The Hall–Kier alpha value is -4.26. The van der Waals surface area contributed by atoms with E-state index < -0.39 is 0 Å². The van der Waals surface area contributed by atoms with Crippen LogP contribution in [0.2, 0.25) is 0 Å². The van der Waals surface area contributed by atoms with E-state index in [9.17, 15) is 9.59 Å². The maximum absolute atomic E-state index is 12.5. The number of benzene rings is 3. The summed E-state index contributed by atoms with van der Waals surface area (Å²) in [5, 5.41) is 5.46. The molecular weight excluding hydrogens is 408 g/mol. The summed E-state index contributed by atoms with van der Waals surface area (Å²) in [6.45, 7) is 0. The summed E-state index contributed by atoms with van der Waals surface area (Å²) < 4.78 is 15.6. The van der Waals surface area contributed by atoms with Gasteiger partial charge in [0.25, 0.3) is 0 Å². The Kier molecular flexibility index (Phi) is 7.48. The van der Waals surface area contributed by atoms with Gasteiger partial charge in [0.05, 0.1) is 21.3 Å². The monoisotopic (exact) mass is 432 g/mol. The number of amides is 2. The minimum absolute atomic E-state index is 0.169. The third-order valence-corrected chi connectivity index (χ3v) is 4.63. The van der Waals surface area contributed by atoms with E-state index in [0.29, 0.717) is 34.2 Å². The van der Waals surface area contributed by atoms with Gasteiger partial charge in [-0.15, -0.1) is 0 Å². The number of hydrogen-bond acceptors (Lipinski definition) is 5. The normalized spacial score (nSPS) is 10.5. The number of carbonyl (C=O) groups is 2. The summed E-state index contributed by atoms with van der Waals surface area (Å²) in [5.41, 5.74) is 2.45. The predicted octanol–water partition coefficient (Wildman–Crippen LogP) is 5.25. The van der Waals surface area contributed by atoms with Crippen molar-refractivity contribution in [2.45, 2.75) is 0 Å². The van der Waals surface area contributed by atoms with Crippen molar-refractivity contribution in [1.29, 1.82) is 0 Å². The molecule has 0 bridgehead atoms. The minimum Gasteiger partial charge on any atom is -0.497 e. The van der Waals surface area contributed by atoms with Crippen LogP contribution >= 0.6 is 0 Å². The van der Waals surface area contributed by atoms with Crippen LogP contribution in [0.3, 0.4) is 0 Å². The quantitative estimate of drug-likeness (QED) is 0.375. The molecule has 32 heavy (non-hydrogen) atoms. The number of urea groups is 1. The third kappa shape index (κ3) is 5.89. The van der Waals surface area contributed by atoms with Crippen molar-refractivity contribution < 1.29 is 23.8 Å². The van der Waals surface area contributed by atoms with Gasteiger partial charge in [0, 0.05) is 28.6 Å². The van der Waals surface area contributed by atoms with Crippen LogP contribution in [0.25, 0.3) is 6.08 Å². The number of ketones is 1. The van der Waals surface area contributed by atoms with Crippen molar-refractivity contribution in [2.75, 3.05) is 32.0 Å². The number of methoxy groups -OCH3 is 3. The van der Waals surface area contributed by atoms with E-state index in [0.717, 1.165) is 5.56 Å². The zero-order valence-electron chi connectivity index (χ0n) is 18.0. The molecule has 2 N–H and O–H groups in total. The average molecular weight is 432 g/mol. The Bertz CT molecular complexity index is 1110. The van der Waals surface area contributed by atoms with Crippen molar-refractivity contribution in [1.82, 2.24) is 0 Å². The smallest absolute Gasteiger partial charge is 0.323 e. The van der Waals surface area contributed by atoms with E-state index in [4.69, 9.17) is 14.2 Å². The largest absolute Gasteiger partial charge is 0.497 e. The minimum atomic E-state index is -0.388. The first kappa shape index (κ1) is 22.4. The SMILES string of the molecule is COc1ccc(NC(=O)Nc2ccc(C(=O)/C=C/c3ccc(OC)cc3OC)cc2)cc1. The zero-order chi connectivity index (χ0) is 22.9. The lowest BCUT2D eigenvalue weighted by atomic mass is 10.1. The fourth-order valence-electron chi connectivity index (χ4n) is 2.90. The van der Waals surface area contributed by atoms with E-state index in [-0.39, 0.29) is 11.8 Å². The van der Waals surface area contributed by atoms with Gasteiger partial charge in [0.2, 0.25) is 0 Å². The lowest BCUT2D eigenvalue weighted by molar-refractivity contribution is 0.104. The summed E-state index contributed by atoms with van der Waals surface area (Å²) in [5.74, 6) is 1.81. The van der Waals surface area contributed by atoms with Crippen LogP contribution < -0.4 is 24.8 Å². The van der Waals surface area contributed by atoms with Gasteiger partial charge in [-0.25, -0.2) is 4.79 Å². The van der Waals surface area contributed by atoms with E-state index in [1.54, 1.807) is 88.1 Å². The third-order valence-electron chi connectivity index (χ3n) is 4.63. The molecule has 164 valence electrons. The second-order valence-electron chi connectivity index (χ2n) is 6.69. The maximum Gasteiger partial charge on any atom is 0.323 e. The van der Waals surface area contributed by atoms with E-state index in [2.05, 4.69) is 10.6 Å². The fourth-order valence-corrected chi connectivity index (χ4v) is 2.90. The van der Waals surface area contributed by atoms with Crippen LogP contribution in [0.5, 0.6) is 17.2 Å². The van der Waals surface area contributed by atoms with Crippen LogP contribution in [0, 0.1) is 0 Å². The predicted molar refractivity (Wildman–Crippen MR) is 125 cm³/mol. The number of allylic oxidation sites excluding steroid dienone is 1. The molecule has 0 fully saturated rings. The van der Waals surface area contributed by atoms with Gasteiger partial charge in [-0.1, -0.05) is 0 Å². The molecule has 0 aliphatic rings. The lowest BCUT2D eigenvalue weighted by Gasteiger charge is -2.09. The second-order valence-corrected chi connectivity index (χ2v) is 6.69. The second kappa shape index (κ2) is 10.7. The van der Waals surface area contributed by atoms with Crippen molar-refractivity contribution in [3.63, 3.8) is 0 Å². The lowest BCUT2D eigenvalue weighted by Crippen LogP contribution is -2.19. The Morgan fingerprint density at radius 3 is 1.84 bits per heavy atom. The van der Waals surface area contributed by atoms with Crippen molar-refractivity contribution in [3.05, 3.63) is 83.9 Å². The molecule has 0 heterocycles. The van der Waals surface area contributed by atoms with E-state index >= 15 is 0 Å². The molecule has 0 aliphatic heterocycles. The summed E-state index contributed by atoms with van der Waals surface area (Å²) >= 11 is 0. The van der Waals surface area contributed by atoms with Crippen molar-refractivity contribution >= 4 is 29.3 Å². The first-order valence-corrected chi connectivity index (χ1v) is 9.79. The molecule has 0 unspecified atom stereocenters. The highest BCUT2D eigenvalue weighted by Gasteiger charge is 2.07. The van der Waals surface area contributed by atoms with Crippen LogP contribution in [0.15, 0.2) is 72.8 Å². The molecule has 2 amide bonds. The topological polar surface area (TPSA) is 85.9 Å². The Labute approximate surface area is 186 Å². The van der Waals surface area contributed by atoms with Gasteiger partial charge < -0.3 is 24.8 Å². The number of carbonyl (C=O) groups excluding carboxylic acids is 2. The molecule has 0 aliphatic carbocycles. The fraction of sp³-hybridized carbons (Fsp3) is 0.120. The molecule has 0 aromatic heterocycles. The molecule has 0 spiro atoms. The van der Waals surface area contributed by atoms with Gasteiger partial charge in [0.1, 0.15) is 17.2 Å². The number of nitrogens with one attached hydrogen (secondary N) is 2. The molecular formula is C25H24N2O5. The Morgan fingerprint density at radius 1 is 0.719 bits per heavy atom. The van der Waals surface area contributed by atoms with E-state index in [1.807, 2.05) is 6.07 Å².